The first kappa shape index (κ1) is 21.5. The van der Waals surface area contributed by atoms with Gasteiger partial charge < -0.3 is 25.2 Å². The molecule has 2 amide bonds. The Labute approximate surface area is 193 Å². The van der Waals surface area contributed by atoms with Crippen LogP contribution in [0.25, 0.3) is 0 Å². The summed E-state index contributed by atoms with van der Waals surface area (Å²) in [7, 11) is 3.35. The number of methoxy groups -OCH3 is 1. The second-order valence-electron chi connectivity index (χ2n) is 9.12. The van der Waals surface area contributed by atoms with Gasteiger partial charge in [-0.05, 0) is 38.7 Å². The van der Waals surface area contributed by atoms with Crippen molar-refractivity contribution >= 4 is 34.8 Å². The predicted molar refractivity (Wildman–Crippen MR) is 126 cm³/mol. The second-order valence-corrected chi connectivity index (χ2v) is 9.12. The first-order valence-corrected chi connectivity index (χ1v) is 11.6. The van der Waals surface area contributed by atoms with Crippen molar-refractivity contribution in [2.24, 2.45) is 0 Å². The van der Waals surface area contributed by atoms with Gasteiger partial charge in [-0.25, -0.2) is 9.97 Å². The molecule has 0 saturated heterocycles. The van der Waals surface area contributed by atoms with Crippen molar-refractivity contribution in [1.29, 1.82) is 0 Å². The van der Waals surface area contributed by atoms with Crippen LogP contribution in [0.2, 0.25) is 0 Å². The number of amides is 2. The van der Waals surface area contributed by atoms with E-state index in [9.17, 15) is 9.59 Å². The van der Waals surface area contributed by atoms with Crippen molar-refractivity contribution in [2.75, 3.05) is 29.3 Å². The molecule has 2 fully saturated rings. The number of anilines is 4. The molecular formula is C24H30N6O3. The molecule has 2 aromatic rings. The number of carbonyl (C=O) groups excluding carboxylic acids is 2. The van der Waals surface area contributed by atoms with Gasteiger partial charge in [-0.2, -0.15) is 0 Å². The standard InChI is InChI=1S/C24H30N6O3/c1-14-24(32)29(2)19-13-25-21(11-18(19)30(14)17-6-4-5-7-17)28-22-20(33-3)10-15(12-26-22)23(31)27-16-8-9-16/h10-14,16-17H,4-9H2,1-3H3,(H,27,31)(H,25,26,28). The van der Waals surface area contributed by atoms with Gasteiger partial charge in [0, 0.05) is 31.4 Å². The quantitative estimate of drug-likeness (QED) is 0.697. The van der Waals surface area contributed by atoms with Gasteiger partial charge in [0.25, 0.3) is 5.91 Å². The Bertz CT molecular complexity index is 1080. The fourth-order valence-corrected chi connectivity index (χ4v) is 4.83. The smallest absolute Gasteiger partial charge is 0.253 e. The van der Waals surface area contributed by atoms with Gasteiger partial charge in [-0.15, -0.1) is 0 Å². The van der Waals surface area contributed by atoms with Gasteiger partial charge in [-0.1, -0.05) is 12.8 Å². The Morgan fingerprint density at radius 1 is 1.09 bits per heavy atom. The summed E-state index contributed by atoms with van der Waals surface area (Å²) in [5.41, 5.74) is 2.26. The zero-order valence-electron chi connectivity index (χ0n) is 19.3. The van der Waals surface area contributed by atoms with E-state index < -0.39 is 0 Å². The lowest BCUT2D eigenvalue weighted by Gasteiger charge is -2.43. The van der Waals surface area contributed by atoms with Gasteiger partial charge in [-0.3, -0.25) is 9.59 Å². The number of rotatable bonds is 6. The summed E-state index contributed by atoms with van der Waals surface area (Å²) in [6, 6.07) is 4.06. The Morgan fingerprint density at radius 2 is 1.85 bits per heavy atom. The van der Waals surface area contributed by atoms with Crippen LogP contribution < -0.4 is 25.2 Å². The van der Waals surface area contributed by atoms with Gasteiger partial charge in [0.2, 0.25) is 5.91 Å². The van der Waals surface area contributed by atoms with Crippen LogP contribution in [0.1, 0.15) is 55.8 Å². The summed E-state index contributed by atoms with van der Waals surface area (Å²) >= 11 is 0. The molecule has 2 N–H and O–H groups in total. The fraction of sp³-hybridized carbons (Fsp3) is 0.500. The van der Waals surface area contributed by atoms with Gasteiger partial charge in [0.1, 0.15) is 11.9 Å². The monoisotopic (exact) mass is 450 g/mol. The molecule has 1 atom stereocenters. The molecule has 2 aliphatic carbocycles. The molecule has 33 heavy (non-hydrogen) atoms. The number of ether oxygens (including phenoxy) is 1. The average Bonchev–Trinajstić information content (AvgIpc) is 3.47. The molecular weight excluding hydrogens is 420 g/mol. The van der Waals surface area contributed by atoms with E-state index in [-0.39, 0.29) is 23.9 Å². The molecule has 0 radical (unpaired) electrons. The number of likely N-dealkylation sites (N-methyl/N-ethyl adjacent to an activating group) is 1. The van der Waals surface area contributed by atoms with E-state index >= 15 is 0 Å². The van der Waals surface area contributed by atoms with Crippen LogP contribution in [0, 0.1) is 0 Å². The highest BCUT2D eigenvalue weighted by Gasteiger charge is 2.38. The van der Waals surface area contributed by atoms with E-state index in [1.807, 2.05) is 13.0 Å². The largest absolute Gasteiger partial charge is 0.493 e. The highest BCUT2D eigenvalue weighted by Crippen LogP contribution is 2.41. The Kier molecular flexibility index (Phi) is 5.55. The first-order chi connectivity index (χ1) is 16.0. The molecule has 1 unspecified atom stereocenters. The van der Waals surface area contributed by atoms with E-state index in [1.165, 1.54) is 12.8 Å². The highest BCUT2D eigenvalue weighted by molar-refractivity contribution is 6.05. The second kappa shape index (κ2) is 8.53. The first-order valence-electron chi connectivity index (χ1n) is 11.6. The molecule has 174 valence electrons. The van der Waals surface area contributed by atoms with Crippen LogP contribution in [0.3, 0.4) is 0 Å². The lowest BCUT2D eigenvalue weighted by Crippen LogP contribution is -2.54. The summed E-state index contributed by atoms with van der Waals surface area (Å²) in [6.07, 6.45) is 9.87. The molecule has 9 nitrogen and oxygen atoms in total. The van der Waals surface area contributed by atoms with Crippen molar-refractivity contribution in [3.8, 4) is 5.75 Å². The van der Waals surface area contributed by atoms with Crippen molar-refractivity contribution < 1.29 is 14.3 Å². The third kappa shape index (κ3) is 4.07. The van der Waals surface area contributed by atoms with Crippen LogP contribution >= 0.6 is 0 Å². The van der Waals surface area contributed by atoms with Crippen LogP contribution in [0.15, 0.2) is 24.5 Å². The van der Waals surface area contributed by atoms with Crippen molar-refractivity contribution in [3.05, 3.63) is 30.1 Å². The molecule has 1 aliphatic heterocycles. The maximum atomic E-state index is 12.9. The molecule has 0 aromatic carbocycles. The normalized spacial score (nSPS) is 20.6. The zero-order chi connectivity index (χ0) is 23.1. The number of carbonyl (C=O) groups is 2. The van der Waals surface area contributed by atoms with E-state index in [0.717, 1.165) is 37.1 Å². The molecule has 3 heterocycles. The molecule has 2 aromatic heterocycles. The number of pyridine rings is 2. The number of nitrogens with zero attached hydrogens (tertiary/aromatic N) is 4. The van der Waals surface area contributed by atoms with Crippen LogP contribution in [0.5, 0.6) is 5.75 Å². The lowest BCUT2D eigenvalue weighted by molar-refractivity contribution is -0.119. The maximum Gasteiger partial charge on any atom is 0.253 e. The summed E-state index contributed by atoms with van der Waals surface area (Å²) in [6.45, 7) is 1.98. The average molecular weight is 451 g/mol. The minimum atomic E-state index is -0.224. The van der Waals surface area contributed by atoms with Crippen molar-refractivity contribution in [3.63, 3.8) is 0 Å². The number of hydrogen-bond acceptors (Lipinski definition) is 7. The highest BCUT2D eigenvalue weighted by atomic mass is 16.5. The van der Waals surface area contributed by atoms with E-state index in [2.05, 4.69) is 25.5 Å². The Balaban J connectivity index is 1.44. The molecule has 2 saturated carbocycles. The molecule has 5 rings (SSSR count). The van der Waals surface area contributed by atoms with E-state index in [4.69, 9.17) is 4.74 Å². The van der Waals surface area contributed by atoms with E-state index in [0.29, 0.717) is 29.0 Å². The third-order valence-electron chi connectivity index (χ3n) is 6.82. The summed E-state index contributed by atoms with van der Waals surface area (Å²) in [4.78, 5) is 38.1. The SMILES string of the molecule is COc1cc(C(=O)NC2CC2)cnc1Nc1cc2c(cn1)N(C)C(=O)C(C)N2C1CCCC1. The minimum absolute atomic E-state index is 0.0836. The Morgan fingerprint density at radius 3 is 2.55 bits per heavy atom. The summed E-state index contributed by atoms with van der Waals surface area (Å²) in [5.74, 6) is 1.49. The molecule has 3 aliphatic rings. The number of aromatic nitrogens is 2. The minimum Gasteiger partial charge on any atom is -0.493 e. The van der Waals surface area contributed by atoms with Gasteiger partial charge in [0.15, 0.2) is 11.6 Å². The summed E-state index contributed by atoms with van der Waals surface area (Å²) < 4.78 is 5.50. The third-order valence-corrected chi connectivity index (χ3v) is 6.82. The number of hydrogen-bond donors (Lipinski definition) is 2. The van der Waals surface area contributed by atoms with E-state index in [1.54, 1.807) is 37.5 Å². The molecule has 0 bridgehead atoms. The van der Waals surface area contributed by atoms with Crippen LogP contribution in [0.4, 0.5) is 23.0 Å². The molecule has 0 spiro atoms. The number of fused-ring (bicyclic) bond motifs is 1. The maximum absolute atomic E-state index is 12.9. The fourth-order valence-electron chi connectivity index (χ4n) is 4.83. The van der Waals surface area contributed by atoms with Crippen molar-refractivity contribution in [1.82, 2.24) is 15.3 Å². The van der Waals surface area contributed by atoms with Crippen LogP contribution in [-0.4, -0.2) is 54.1 Å². The van der Waals surface area contributed by atoms with Crippen molar-refractivity contribution in [2.45, 2.75) is 63.6 Å². The molecule has 9 heteroatoms. The zero-order valence-corrected chi connectivity index (χ0v) is 19.3. The van der Waals surface area contributed by atoms with Crippen LogP contribution in [-0.2, 0) is 4.79 Å². The summed E-state index contributed by atoms with van der Waals surface area (Å²) in [5, 5.41) is 6.20. The number of nitrogens with one attached hydrogen (secondary N) is 2. The lowest BCUT2D eigenvalue weighted by atomic mass is 10.0. The Hall–Kier alpha value is -3.36. The van der Waals surface area contributed by atoms with Gasteiger partial charge >= 0.3 is 0 Å². The predicted octanol–water partition coefficient (Wildman–Crippen LogP) is 3.23. The van der Waals surface area contributed by atoms with Gasteiger partial charge in [0.05, 0.1) is 30.2 Å². The topological polar surface area (TPSA) is 99.7 Å².